The highest BCUT2D eigenvalue weighted by atomic mass is 32.2. The molecule has 1 heterocycles. The normalized spacial score (nSPS) is 22.8. The summed E-state index contributed by atoms with van der Waals surface area (Å²) in [4.78, 5) is 14.7. The van der Waals surface area contributed by atoms with Gasteiger partial charge < -0.3 is 14.7 Å². The van der Waals surface area contributed by atoms with E-state index in [0.717, 1.165) is 24.8 Å². The van der Waals surface area contributed by atoms with Crippen LogP contribution in [-0.4, -0.2) is 67.5 Å². The van der Waals surface area contributed by atoms with E-state index in [1.807, 2.05) is 37.3 Å². The highest BCUT2D eigenvalue weighted by molar-refractivity contribution is 7.89. The Balaban J connectivity index is 1.72. The number of aliphatic hydroxyl groups is 1. The third-order valence-electron chi connectivity index (χ3n) is 6.90. The van der Waals surface area contributed by atoms with Crippen LogP contribution in [0.1, 0.15) is 49.0 Å². The Morgan fingerprint density at radius 3 is 2.63 bits per heavy atom. The van der Waals surface area contributed by atoms with Crippen LogP contribution in [0.4, 0.5) is 0 Å². The van der Waals surface area contributed by atoms with Gasteiger partial charge in [-0.3, -0.25) is 4.79 Å². The van der Waals surface area contributed by atoms with Gasteiger partial charge in [-0.25, -0.2) is 8.42 Å². The number of fused-ring (bicyclic) bond motifs is 1. The van der Waals surface area contributed by atoms with Crippen molar-refractivity contribution in [1.29, 1.82) is 0 Å². The molecule has 0 bridgehead atoms. The minimum Gasteiger partial charge on any atom is -0.487 e. The maximum atomic E-state index is 13.6. The molecule has 3 atom stereocenters. The van der Waals surface area contributed by atoms with E-state index in [1.54, 1.807) is 37.1 Å². The quantitative estimate of drug-likeness (QED) is 0.655. The van der Waals surface area contributed by atoms with E-state index in [2.05, 4.69) is 6.08 Å². The molecular formula is C27H34N2O5S. The standard InChI is InChI=1S/C27H34N2O5S/c1-19-16-29(20(2)18-30)35(32,33)26-14-13-23(21-9-7-8-10-21)15-24(26)34-25(19)17-28(3)27(31)22-11-5-4-6-12-22/h4-6,9,11-15,19-20,25,30H,7-8,10,16-18H2,1-3H3/t19-,20-,25-/m1/s1. The number of carbonyl (C=O) groups excluding carboxylic acids is 1. The summed E-state index contributed by atoms with van der Waals surface area (Å²) >= 11 is 0. The van der Waals surface area contributed by atoms with Crippen LogP contribution in [0.2, 0.25) is 0 Å². The predicted octanol–water partition coefficient (Wildman–Crippen LogP) is 3.79. The first-order valence-electron chi connectivity index (χ1n) is 12.2. The summed E-state index contributed by atoms with van der Waals surface area (Å²) in [5, 5.41) is 9.82. The van der Waals surface area contributed by atoms with Crippen molar-refractivity contribution in [3.8, 4) is 5.75 Å². The van der Waals surface area contributed by atoms with Gasteiger partial charge in [0.25, 0.3) is 5.91 Å². The smallest absolute Gasteiger partial charge is 0.253 e. The second-order valence-electron chi connectivity index (χ2n) is 9.57. The van der Waals surface area contributed by atoms with Crippen molar-refractivity contribution >= 4 is 21.5 Å². The van der Waals surface area contributed by atoms with Crippen molar-refractivity contribution in [1.82, 2.24) is 9.21 Å². The highest BCUT2D eigenvalue weighted by Gasteiger charge is 2.38. The van der Waals surface area contributed by atoms with Gasteiger partial charge in [-0.2, -0.15) is 4.31 Å². The van der Waals surface area contributed by atoms with Crippen molar-refractivity contribution in [2.24, 2.45) is 5.92 Å². The van der Waals surface area contributed by atoms with Crippen LogP contribution in [0.5, 0.6) is 5.75 Å². The molecule has 0 fully saturated rings. The van der Waals surface area contributed by atoms with Crippen LogP contribution in [0.15, 0.2) is 59.5 Å². The van der Waals surface area contributed by atoms with Gasteiger partial charge in [0.15, 0.2) is 0 Å². The molecule has 1 amide bonds. The van der Waals surface area contributed by atoms with Gasteiger partial charge in [-0.05, 0) is 61.6 Å². The molecule has 2 aliphatic rings. The molecule has 0 saturated heterocycles. The summed E-state index contributed by atoms with van der Waals surface area (Å²) in [6, 6.07) is 13.7. The number of allylic oxidation sites excluding steroid dienone is 2. The van der Waals surface area contributed by atoms with Crippen molar-refractivity contribution in [3.05, 3.63) is 65.7 Å². The van der Waals surface area contributed by atoms with E-state index in [1.165, 1.54) is 9.88 Å². The molecule has 7 nitrogen and oxygen atoms in total. The first kappa shape index (κ1) is 25.4. The number of amides is 1. The van der Waals surface area contributed by atoms with Crippen molar-refractivity contribution in [2.75, 3.05) is 26.7 Å². The van der Waals surface area contributed by atoms with Gasteiger partial charge in [-0.1, -0.05) is 37.3 Å². The van der Waals surface area contributed by atoms with Gasteiger partial charge in [-0.15, -0.1) is 0 Å². The second-order valence-corrected chi connectivity index (χ2v) is 11.4. The number of hydrogen-bond donors (Lipinski definition) is 1. The Morgan fingerprint density at radius 1 is 1.23 bits per heavy atom. The van der Waals surface area contributed by atoms with Crippen LogP contribution < -0.4 is 4.74 Å². The summed E-state index contributed by atoms with van der Waals surface area (Å²) in [7, 11) is -2.16. The zero-order chi connectivity index (χ0) is 25.2. The third kappa shape index (κ3) is 5.29. The van der Waals surface area contributed by atoms with Crippen LogP contribution in [-0.2, 0) is 10.0 Å². The lowest BCUT2D eigenvalue weighted by atomic mass is 10.0. The first-order chi connectivity index (χ1) is 16.7. The lowest BCUT2D eigenvalue weighted by molar-refractivity contribution is 0.0563. The van der Waals surface area contributed by atoms with Crippen LogP contribution >= 0.6 is 0 Å². The minimum atomic E-state index is -3.89. The Bertz CT molecular complexity index is 1200. The highest BCUT2D eigenvalue weighted by Crippen LogP contribution is 2.37. The molecule has 2 aromatic carbocycles. The predicted molar refractivity (Wildman–Crippen MR) is 136 cm³/mol. The van der Waals surface area contributed by atoms with Gasteiger partial charge in [0.2, 0.25) is 10.0 Å². The SMILES string of the molecule is C[C@@H]1CN([C@H](C)CO)S(=O)(=O)c2ccc(C3=CCCC3)cc2O[C@@H]1CN(C)C(=O)c1ccccc1. The maximum Gasteiger partial charge on any atom is 0.253 e. The number of ether oxygens (including phenoxy) is 1. The number of benzene rings is 2. The van der Waals surface area contributed by atoms with Crippen molar-refractivity contribution in [3.63, 3.8) is 0 Å². The first-order valence-corrected chi connectivity index (χ1v) is 13.6. The Kier molecular flexibility index (Phi) is 7.64. The van der Waals surface area contributed by atoms with Crippen LogP contribution in [0.25, 0.3) is 5.57 Å². The Morgan fingerprint density at radius 2 is 1.97 bits per heavy atom. The number of sulfonamides is 1. The maximum absolute atomic E-state index is 13.6. The summed E-state index contributed by atoms with van der Waals surface area (Å²) in [5.74, 6) is -0.0587. The molecule has 0 spiro atoms. The van der Waals surface area contributed by atoms with Gasteiger partial charge in [0, 0.05) is 31.1 Å². The fourth-order valence-electron chi connectivity index (χ4n) is 4.73. The zero-order valence-electron chi connectivity index (χ0n) is 20.6. The molecule has 1 aliphatic heterocycles. The van der Waals surface area contributed by atoms with Crippen LogP contribution in [0.3, 0.4) is 0 Å². The number of rotatable bonds is 6. The number of carbonyl (C=O) groups is 1. The van der Waals surface area contributed by atoms with Crippen molar-refractivity contribution in [2.45, 2.75) is 50.2 Å². The molecule has 35 heavy (non-hydrogen) atoms. The molecule has 1 aliphatic carbocycles. The van der Waals surface area contributed by atoms with E-state index in [4.69, 9.17) is 4.74 Å². The largest absolute Gasteiger partial charge is 0.487 e. The monoisotopic (exact) mass is 498 g/mol. The Labute approximate surface area is 208 Å². The van der Waals surface area contributed by atoms with Gasteiger partial charge >= 0.3 is 0 Å². The average molecular weight is 499 g/mol. The summed E-state index contributed by atoms with van der Waals surface area (Å²) in [6.45, 7) is 3.80. The van der Waals surface area contributed by atoms with E-state index in [0.29, 0.717) is 17.9 Å². The molecular weight excluding hydrogens is 464 g/mol. The topological polar surface area (TPSA) is 87.2 Å². The molecule has 2 aromatic rings. The molecule has 1 N–H and O–H groups in total. The molecule has 188 valence electrons. The third-order valence-corrected chi connectivity index (χ3v) is 8.92. The number of aliphatic hydroxyl groups excluding tert-OH is 1. The summed E-state index contributed by atoms with van der Waals surface area (Å²) < 4.78 is 35.0. The Hall–Kier alpha value is -2.68. The summed E-state index contributed by atoms with van der Waals surface area (Å²) in [6.07, 6.45) is 4.79. The second kappa shape index (κ2) is 10.5. The lowest BCUT2D eigenvalue weighted by Gasteiger charge is -2.37. The fraction of sp³-hybridized carbons (Fsp3) is 0.444. The number of likely N-dealkylation sites (N-methyl/N-ethyl adjacent to an activating group) is 1. The van der Waals surface area contributed by atoms with Crippen molar-refractivity contribution < 1.29 is 23.1 Å². The van der Waals surface area contributed by atoms with Crippen LogP contribution in [0, 0.1) is 5.92 Å². The van der Waals surface area contributed by atoms with E-state index in [9.17, 15) is 18.3 Å². The number of hydrogen-bond acceptors (Lipinski definition) is 5. The minimum absolute atomic E-state index is 0.0917. The van der Waals surface area contributed by atoms with E-state index < -0.39 is 22.2 Å². The zero-order valence-corrected chi connectivity index (χ0v) is 21.4. The van der Waals surface area contributed by atoms with E-state index in [-0.39, 0.29) is 29.9 Å². The molecule has 0 saturated carbocycles. The number of nitrogens with zero attached hydrogens (tertiary/aromatic N) is 2. The molecule has 4 rings (SSSR count). The fourth-order valence-corrected chi connectivity index (χ4v) is 6.56. The average Bonchev–Trinajstić information content (AvgIpc) is 3.40. The van der Waals surface area contributed by atoms with E-state index >= 15 is 0 Å². The summed E-state index contributed by atoms with van der Waals surface area (Å²) in [5.41, 5.74) is 2.73. The molecule has 8 heteroatoms. The molecule has 0 unspecified atom stereocenters. The van der Waals surface area contributed by atoms with Gasteiger partial charge in [0.1, 0.15) is 16.7 Å². The molecule has 0 radical (unpaired) electrons. The lowest BCUT2D eigenvalue weighted by Crippen LogP contribution is -2.50. The molecule has 0 aromatic heterocycles. The van der Waals surface area contributed by atoms with Gasteiger partial charge in [0.05, 0.1) is 13.2 Å².